The van der Waals surface area contributed by atoms with Gasteiger partial charge in [-0.25, -0.2) is 4.98 Å². The molecular weight excluding hydrogens is 516 g/mol. The molecule has 6 rings (SSSR count). The molecule has 2 aromatic heterocycles. The predicted molar refractivity (Wildman–Crippen MR) is 161 cm³/mol. The van der Waals surface area contributed by atoms with Gasteiger partial charge < -0.3 is 15.2 Å². The Morgan fingerprint density at radius 2 is 1.66 bits per heavy atom. The summed E-state index contributed by atoms with van der Waals surface area (Å²) in [7, 11) is 4.10. The van der Waals surface area contributed by atoms with Crippen LogP contribution in [0.3, 0.4) is 0 Å². The molecule has 0 unspecified atom stereocenters. The van der Waals surface area contributed by atoms with E-state index in [0.29, 0.717) is 22.5 Å². The summed E-state index contributed by atoms with van der Waals surface area (Å²) in [6.07, 6.45) is 9.56. The highest BCUT2D eigenvalue weighted by molar-refractivity contribution is 5.96. The molecule has 0 radical (unpaired) electrons. The van der Waals surface area contributed by atoms with Gasteiger partial charge in [0.1, 0.15) is 0 Å². The zero-order valence-electron chi connectivity index (χ0n) is 24.5. The van der Waals surface area contributed by atoms with Gasteiger partial charge >= 0.3 is 0 Å². The number of likely N-dealkylation sites (N-methyl/N-ethyl adjacent to an activating group) is 1. The molecule has 2 aliphatic heterocycles. The molecule has 4 heterocycles. The lowest BCUT2D eigenvalue weighted by Crippen LogP contribution is -2.52. The van der Waals surface area contributed by atoms with Crippen LogP contribution in [-0.2, 0) is 13.6 Å². The Labute approximate surface area is 242 Å². The number of nitrogens with one attached hydrogen (secondary N) is 1. The summed E-state index contributed by atoms with van der Waals surface area (Å²) in [5, 5.41) is 1.90. The highest BCUT2D eigenvalue weighted by atomic mass is 16.2. The number of piperazine rings is 1. The SMILES string of the molecule is CN1CCN(C2CCN(Cc3ccc(C(=O)NN(c4nc(N)nc5c4ncn5C)C4CCCCC4)cc3)CC2)CC1. The molecule has 3 N–H and O–H groups in total. The van der Waals surface area contributed by atoms with E-state index >= 15 is 0 Å². The number of hydrazine groups is 1. The summed E-state index contributed by atoms with van der Waals surface area (Å²) in [6, 6.07) is 8.89. The van der Waals surface area contributed by atoms with Crippen molar-refractivity contribution in [3.63, 3.8) is 0 Å². The number of likely N-dealkylation sites (tertiary alicyclic amines) is 1. The molecule has 3 aliphatic rings. The average molecular weight is 561 g/mol. The number of anilines is 2. The third-order valence-corrected chi connectivity index (χ3v) is 9.18. The van der Waals surface area contributed by atoms with Crippen LogP contribution < -0.4 is 16.2 Å². The second-order valence-electron chi connectivity index (χ2n) is 12.1. The maximum Gasteiger partial charge on any atom is 0.269 e. The second kappa shape index (κ2) is 12.3. The van der Waals surface area contributed by atoms with Crippen molar-refractivity contribution in [2.45, 2.75) is 63.6 Å². The van der Waals surface area contributed by atoms with Crippen molar-refractivity contribution in [3.8, 4) is 0 Å². The van der Waals surface area contributed by atoms with Gasteiger partial charge in [-0.05, 0) is 63.5 Å². The fraction of sp³-hybridized carbons (Fsp3) is 0.600. The van der Waals surface area contributed by atoms with Gasteiger partial charge in [-0.3, -0.25) is 25.0 Å². The van der Waals surface area contributed by atoms with Crippen LogP contribution >= 0.6 is 0 Å². The van der Waals surface area contributed by atoms with Crippen LogP contribution in [0.15, 0.2) is 30.6 Å². The smallest absolute Gasteiger partial charge is 0.269 e. The normalized spacial score (nSPS) is 20.4. The third-order valence-electron chi connectivity index (χ3n) is 9.18. The number of nitrogen functional groups attached to an aromatic ring is 1. The predicted octanol–water partition coefficient (Wildman–Crippen LogP) is 2.64. The van der Waals surface area contributed by atoms with Gasteiger partial charge in [0.25, 0.3) is 5.91 Å². The quantitative estimate of drug-likeness (QED) is 0.421. The lowest BCUT2D eigenvalue weighted by atomic mass is 9.95. The van der Waals surface area contributed by atoms with Crippen LogP contribution in [0.4, 0.5) is 11.8 Å². The standard InChI is InChI=1S/C30H44N10O/c1-36-16-18-39(19-17-36)24-12-14-38(15-13-24)20-22-8-10-23(11-9-22)29(41)35-40(25-6-4-3-5-7-25)28-26-27(33-30(31)34-28)37(2)21-32-26/h8-11,21,24-25H,3-7,12-20H2,1-2H3,(H,35,41)(H2,31,33,34). The molecule has 1 aromatic carbocycles. The first-order chi connectivity index (χ1) is 19.9. The van der Waals surface area contributed by atoms with Crippen molar-refractivity contribution < 1.29 is 4.79 Å². The summed E-state index contributed by atoms with van der Waals surface area (Å²) in [5.41, 5.74) is 12.4. The van der Waals surface area contributed by atoms with Crippen molar-refractivity contribution in [2.24, 2.45) is 7.05 Å². The zero-order chi connectivity index (χ0) is 28.3. The third kappa shape index (κ3) is 6.32. The van der Waals surface area contributed by atoms with E-state index in [1.54, 1.807) is 6.33 Å². The van der Waals surface area contributed by atoms with Crippen LogP contribution in [0, 0.1) is 0 Å². The van der Waals surface area contributed by atoms with Gasteiger partial charge in [0.2, 0.25) is 5.95 Å². The lowest BCUT2D eigenvalue weighted by Gasteiger charge is -2.42. The van der Waals surface area contributed by atoms with Crippen molar-refractivity contribution in [1.82, 2.24) is 39.6 Å². The number of nitrogens with two attached hydrogens (primary N) is 1. The number of benzene rings is 1. The van der Waals surface area contributed by atoms with E-state index in [1.165, 1.54) is 51.0 Å². The number of hydrogen-bond acceptors (Lipinski definition) is 9. The van der Waals surface area contributed by atoms with E-state index in [0.717, 1.165) is 51.4 Å². The van der Waals surface area contributed by atoms with E-state index in [-0.39, 0.29) is 17.9 Å². The topological polar surface area (TPSA) is 112 Å². The Hall–Kier alpha value is -3.28. The number of carbonyl (C=O) groups is 1. The van der Waals surface area contributed by atoms with E-state index in [9.17, 15) is 4.79 Å². The maximum absolute atomic E-state index is 13.5. The number of nitrogens with zero attached hydrogens (tertiary/aromatic N) is 8. The summed E-state index contributed by atoms with van der Waals surface area (Å²) in [4.78, 5) is 34.6. The van der Waals surface area contributed by atoms with Crippen LogP contribution in [0.1, 0.15) is 60.9 Å². The van der Waals surface area contributed by atoms with Crippen molar-refractivity contribution in [1.29, 1.82) is 0 Å². The molecule has 3 fully saturated rings. The van der Waals surface area contributed by atoms with Gasteiger partial charge in [0.05, 0.1) is 12.4 Å². The minimum Gasteiger partial charge on any atom is -0.368 e. The molecule has 3 aromatic rings. The van der Waals surface area contributed by atoms with E-state index < -0.39 is 0 Å². The lowest BCUT2D eigenvalue weighted by molar-refractivity contribution is 0.0658. The highest BCUT2D eigenvalue weighted by Crippen LogP contribution is 2.29. The molecule has 41 heavy (non-hydrogen) atoms. The molecule has 220 valence electrons. The molecule has 11 heteroatoms. The zero-order valence-corrected chi connectivity index (χ0v) is 24.5. The molecule has 0 spiro atoms. The van der Waals surface area contributed by atoms with Crippen LogP contribution in [0.5, 0.6) is 0 Å². The highest BCUT2D eigenvalue weighted by Gasteiger charge is 2.29. The number of imidazole rings is 1. The van der Waals surface area contributed by atoms with Crippen molar-refractivity contribution >= 4 is 28.8 Å². The summed E-state index contributed by atoms with van der Waals surface area (Å²) >= 11 is 0. The van der Waals surface area contributed by atoms with E-state index in [2.05, 4.69) is 54.3 Å². The van der Waals surface area contributed by atoms with E-state index in [4.69, 9.17) is 5.73 Å². The number of amides is 1. The summed E-state index contributed by atoms with van der Waals surface area (Å²) < 4.78 is 1.82. The first-order valence-electron chi connectivity index (χ1n) is 15.2. The molecule has 1 saturated carbocycles. The van der Waals surface area contributed by atoms with Crippen LogP contribution in [0.2, 0.25) is 0 Å². The Balaban J connectivity index is 1.10. The first kappa shape index (κ1) is 27.9. The molecule has 1 amide bonds. The number of aryl methyl sites for hydroxylation is 1. The average Bonchev–Trinajstić information content (AvgIpc) is 3.37. The fourth-order valence-corrected chi connectivity index (χ4v) is 6.66. The second-order valence-corrected chi connectivity index (χ2v) is 12.1. The fourth-order valence-electron chi connectivity index (χ4n) is 6.66. The van der Waals surface area contributed by atoms with Gasteiger partial charge in [0.15, 0.2) is 17.0 Å². The minimum atomic E-state index is -0.156. The Morgan fingerprint density at radius 1 is 0.951 bits per heavy atom. The summed E-state index contributed by atoms with van der Waals surface area (Å²) in [6.45, 7) is 7.92. The Morgan fingerprint density at radius 3 is 2.37 bits per heavy atom. The first-order valence-corrected chi connectivity index (χ1v) is 15.2. The van der Waals surface area contributed by atoms with Gasteiger partial charge in [-0.15, -0.1) is 0 Å². The van der Waals surface area contributed by atoms with Gasteiger partial charge in [-0.2, -0.15) is 9.97 Å². The summed E-state index contributed by atoms with van der Waals surface area (Å²) in [5.74, 6) is 0.574. The monoisotopic (exact) mass is 560 g/mol. The number of aromatic nitrogens is 4. The number of fused-ring (bicyclic) bond motifs is 1. The molecule has 2 saturated heterocycles. The minimum absolute atomic E-state index is 0.125. The maximum atomic E-state index is 13.5. The molecule has 0 bridgehead atoms. The molecule has 11 nitrogen and oxygen atoms in total. The van der Waals surface area contributed by atoms with Crippen molar-refractivity contribution in [3.05, 3.63) is 41.7 Å². The van der Waals surface area contributed by atoms with Crippen LogP contribution in [0.25, 0.3) is 11.2 Å². The van der Waals surface area contributed by atoms with Crippen molar-refractivity contribution in [2.75, 3.05) is 57.1 Å². The largest absolute Gasteiger partial charge is 0.368 e. The number of carbonyl (C=O) groups excluding carboxylic acids is 1. The molecule has 1 aliphatic carbocycles. The van der Waals surface area contributed by atoms with Crippen LogP contribution in [-0.4, -0.2) is 98.5 Å². The van der Waals surface area contributed by atoms with Gasteiger partial charge in [0, 0.05) is 51.4 Å². The number of hydrogen-bond donors (Lipinski definition) is 2. The van der Waals surface area contributed by atoms with E-state index in [1.807, 2.05) is 28.8 Å². The molecular formula is C30H44N10O. The molecule has 0 atom stereocenters. The number of piperidine rings is 1. The Kier molecular flexibility index (Phi) is 8.36. The number of rotatable bonds is 7. The van der Waals surface area contributed by atoms with Gasteiger partial charge in [-0.1, -0.05) is 31.4 Å². The Bertz CT molecular complexity index is 1320.